The summed E-state index contributed by atoms with van der Waals surface area (Å²) >= 11 is 0. The molecule has 1 aromatic heterocycles. The highest BCUT2D eigenvalue weighted by molar-refractivity contribution is 6.07. The number of halogens is 1. The molecule has 1 aliphatic rings. The number of carbonyl (C=O) groups excluding carboxylic acids is 2. The minimum absolute atomic E-state index is 0.139. The molecule has 3 aromatic carbocycles. The van der Waals surface area contributed by atoms with Gasteiger partial charge in [0.25, 0.3) is 11.5 Å². The van der Waals surface area contributed by atoms with Crippen molar-refractivity contribution >= 4 is 22.8 Å². The van der Waals surface area contributed by atoms with E-state index in [0.717, 1.165) is 10.9 Å². The maximum Gasteiger partial charge on any atom is 0.419 e. The van der Waals surface area contributed by atoms with E-state index in [2.05, 4.69) is 10.3 Å². The Kier molecular flexibility index (Phi) is 5.51. The van der Waals surface area contributed by atoms with Gasteiger partial charge in [0, 0.05) is 22.6 Å². The quantitative estimate of drug-likeness (QED) is 0.424. The fraction of sp³-hybridized carbons (Fsp3) is 0.0741. The van der Waals surface area contributed by atoms with Crippen molar-refractivity contribution in [2.24, 2.45) is 0 Å². The molecule has 2 amide bonds. The van der Waals surface area contributed by atoms with Gasteiger partial charge in [-0.15, -0.1) is 0 Å². The molecule has 2 heterocycles. The summed E-state index contributed by atoms with van der Waals surface area (Å²) in [5.41, 5.74) is 2.21. The van der Waals surface area contributed by atoms with E-state index in [0.29, 0.717) is 28.6 Å². The minimum atomic E-state index is -0.845. The van der Waals surface area contributed by atoms with E-state index in [9.17, 15) is 18.8 Å². The van der Waals surface area contributed by atoms with Crippen LogP contribution >= 0.6 is 0 Å². The van der Waals surface area contributed by atoms with Crippen molar-refractivity contribution in [2.75, 3.05) is 0 Å². The molecule has 168 valence electrons. The summed E-state index contributed by atoms with van der Waals surface area (Å²) in [7, 11) is 0. The second-order valence-corrected chi connectivity index (χ2v) is 8.00. The van der Waals surface area contributed by atoms with Crippen molar-refractivity contribution in [3.05, 3.63) is 118 Å². The van der Waals surface area contributed by atoms with E-state index >= 15 is 0 Å². The van der Waals surface area contributed by atoms with E-state index in [1.807, 2.05) is 42.5 Å². The third-order valence-electron chi connectivity index (χ3n) is 5.77. The number of rotatable bonds is 5. The lowest BCUT2D eigenvalue weighted by molar-refractivity contribution is -0.116. The lowest BCUT2D eigenvalue weighted by atomic mass is 9.91. The number of allylic oxidation sites excluding steroid dienone is 1. The van der Waals surface area contributed by atoms with Gasteiger partial charge in [-0.25, -0.2) is 9.18 Å². The molecule has 6 nitrogen and oxygen atoms in total. The third-order valence-corrected chi connectivity index (χ3v) is 5.77. The van der Waals surface area contributed by atoms with Gasteiger partial charge in [0.05, 0.1) is 0 Å². The van der Waals surface area contributed by atoms with Gasteiger partial charge in [-0.2, -0.15) is 0 Å². The van der Waals surface area contributed by atoms with Crippen LogP contribution < -0.4 is 10.9 Å². The molecule has 34 heavy (non-hydrogen) atoms. The number of hydrogen-bond acceptors (Lipinski definition) is 4. The highest BCUT2D eigenvalue weighted by atomic mass is 19.1. The molecule has 1 atom stereocenters. The Hall–Kier alpha value is -4.52. The van der Waals surface area contributed by atoms with Crippen LogP contribution in [0.4, 0.5) is 9.18 Å². The van der Waals surface area contributed by atoms with Crippen LogP contribution in [0.3, 0.4) is 0 Å². The van der Waals surface area contributed by atoms with Crippen molar-refractivity contribution in [1.29, 1.82) is 0 Å². The molecule has 1 saturated heterocycles. The van der Waals surface area contributed by atoms with E-state index < -0.39 is 17.9 Å². The normalized spacial score (nSPS) is 15.4. The molecule has 1 aliphatic heterocycles. The predicted octanol–water partition coefficient (Wildman–Crippen LogP) is 4.81. The summed E-state index contributed by atoms with van der Waals surface area (Å²) in [6, 6.07) is 23.1. The van der Waals surface area contributed by atoms with Crippen molar-refractivity contribution in [1.82, 2.24) is 10.3 Å². The zero-order valence-electron chi connectivity index (χ0n) is 17.9. The van der Waals surface area contributed by atoms with Crippen LogP contribution in [0.25, 0.3) is 22.0 Å². The van der Waals surface area contributed by atoms with Crippen molar-refractivity contribution < 1.29 is 18.7 Å². The fourth-order valence-electron chi connectivity index (χ4n) is 4.09. The Bertz CT molecular complexity index is 1510. The first-order valence-electron chi connectivity index (χ1n) is 10.7. The Morgan fingerprint density at radius 3 is 2.47 bits per heavy atom. The number of alkyl carbamates (subject to hydrolysis) is 1. The molecule has 5 rings (SSSR count). The smallest absolute Gasteiger partial charge is 0.404 e. The van der Waals surface area contributed by atoms with Crippen LogP contribution in [0.1, 0.15) is 17.0 Å². The number of imide groups is 1. The molecule has 0 radical (unpaired) electrons. The van der Waals surface area contributed by atoms with Crippen LogP contribution in [0.2, 0.25) is 0 Å². The second-order valence-electron chi connectivity index (χ2n) is 8.00. The summed E-state index contributed by atoms with van der Waals surface area (Å²) in [6.45, 7) is 0. The number of aromatic nitrogens is 1. The van der Waals surface area contributed by atoms with Gasteiger partial charge in [0.2, 0.25) is 0 Å². The summed E-state index contributed by atoms with van der Waals surface area (Å²) < 4.78 is 19.2. The standard InChI is InChI=1S/C27H19FN2O4/c28-22-8-4-7-17-9-10-18(14-21(17)22)23-12-11-20(25(31)29-23)19(13-16-5-2-1-3-6-16)15-24-26(32)30-27(33)34-24/h1-12,14-15,19H,13H2,(H,29,31)(H,30,32,33)/b24-15-. The summed E-state index contributed by atoms with van der Waals surface area (Å²) in [6.07, 6.45) is 1.06. The summed E-state index contributed by atoms with van der Waals surface area (Å²) in [5, 5.41) is 3.30. The van der Waals surface area contributed by atoms with E-state index in [1.54, 1.807) is 30.3 Å². The number of carbonyl (C=O) groups is 2. The number of amides is 2. The highest BCUT2D eigenvalue weighted by Gasteiger charge is 2.28. The number of ether oxygens (including phenoxy) is 1. The molecule has 2 N–H and O–H groups in total. The number of H-pyrrole nitrogens is 1. The third kappa shape index (κ3) is 4.23. The number of benzene rings is 3. The van der Waals surface area contributed by atoms with Crippen LogP contribution in [-0.4, -0.2) is 17.0 Å². The zero-order chi connectivity index (χ0) is 23.7. The number of hydrogen-bond donors (Lipinski definition) is 2. The maximum atomic E-state index is 14.2. The first-order chi connectivity index (χ1) is 16.5. The van der Waals surface area contributed by atoms with Crippen molar-refractivity contribution in [3.8, 4) is 11.3 Å². The van der Waals surface area contributed by atoms with Gasteiger partial charge >= 0.3 is 6.09 Å². The molecule has 7 heteroatoms. The fourth-order valence-corrected chi connectivity index (χ4v) is 4.09. The summed E-state index contributed by atoms with van der Waals surface area (Å²) in [4.78, 5) is 39.5. The Morgan fingerprint density at radius 1 is 0.912 bits per heavy atom. The monoisotopic (exact) mass is 454 g/mol. The molecule has 4 aromatic rings. The first-order valence-corrected chi connectivity index (χ1v) is 10.7. The number of cyclic esters (lactones) is 1. The van der Waals surface area contributed by atoms with Crippen LogP contribution in [-0.2, 0) is 16.0 Å². The molecule has 0 spiro atoms. The minimum Gasteiger partial charge on any atom is -0.404 e. The second kappa shape index (κ2) is 8.78. The topological polar surface area (TPSA) is 88.3 Å². The number of fused-ring (bicyclic) bond motifs is 1. The first kappa shape index (κ1) is 21.3. The molecule has 0 aliphatic carbocycles. The number of pyridine rings is 1. The SMILES string of the molecule is O=C1NC(=O)/C(=C/C(Cc2ccccc2)c2ccc(-c3ccc4cccc(F)c4c3)[nH]c2=O)O1. The van der Waals surface area contributed by atoms with Gasteiger partial charge in [-0.1, -0.05) is 60.7 Å². The molecule has 0 saturated carbocycles. The van der Waals surface area contributed by atoms with Gasteiger partial charge in [-0.05, 0) is 47.2 Å². The molecule has 0 bridgehead atoms. The number of aromatic amines is 1. The van der Waals surface area contributed by atoms with Gasteiger partial charge in [-0.3, -0.25) is 14.9 Å². The predicted molar refractivity (Wildman–Crippen MR) is 126 cm³/mol. The maximum absolute atomic E-state index is 14.2. The average molecular weight is 454 g/mol. The Labute approximate surface area is 193 Å². The van der Waals surface area contributed by atoms with Gasteiger partial charge in [0.15, 0.2) is 5.76 Å². The summed E-state index contributed by atoms with van der Waals surface area (Å²) in [5.74, 6) is -1.65. The highest BCUT2D eigenvalue weighted by Crippen LogP contribution is 2.27. The van der Waals surface area contributed by atoms with Crippen molar-refractivity contribution in [2.45, 2.75) is 12.3 Å². The zero-order valence-corrected chi connectivity index (χ0v) is 17.9. The number of nitrogens with one attached hydrogen (secondary N) is 2. The lowest BCUT2D eigenvalue weighted by Gasteiger charge is -2.14. The van der Waals surface area contributed by atoms with E-state index in [-0.39, 0.29) is 17.1 Å². The lowest BCUT2D eigenvalue weighted by Crippen LogP contribution is -2.20. The molecular weight excluding hydrogens is 435 g/mol. The van der Waals surface area contributed by atoms with Crippen molar-refractivity contribution in [3.63, 3.8) is 0 Å². The van der Waals surface area contributed by atoms with E-state index in [4.69, 9.17) is 4.74 Å². The van der Waals surface area contributed by atoms with Crippen LogP contribution in [0.15, 0.2) is 95.5 Å². The largest absolute Gasteiger partial charge is 0.419 e. The van der Waals surface area contributed by atoms with E-state index in [1.165, 1.54) is 12.1 Å². The van der Waals surface area contributed by atoms with Crippen LogP contribution in [0, 0.1) is 5.82 Å². The van der Waals surface area contributed by atoms with Gasteiger partial charge in [0.1, 0.15) is 5.82 Å². The molecule has 1 fully saturated rings. The molecular formula is C27H19FN2O4. The molecule has 1 unspecified atom stereocenters. The van der Waals surface area contributed by atoms with Crippen LogP contribution in [0.5, 0.6) is 0 Å². The Balaban J connectivity index is 1.54. The van der Waals surface area contributed by atoms with Gasteiger partial charge < -0.3 is 9.72 Å². The average Bonchev–Trinajstić information content (AvgIpc) is 3.15. The Morgan fingerprint density at radius 2 is 1.74 bits per heavy atom.